The lowest BCUT2D eigenvalue weighted by atomic mass is 10.1. The van der Waals surface area contributed by atoms with Crippen LogP contribution in [-0.2, 0) is 12.7 Å². The van der Waals surface area contributed by atoms with Crippen molar-refractivity contribution in [1.29, 1.82) is 0 Å². The maximum absolute atomic E-state index is 13.3. The summed E-state index contributed by atoms with van der Waals surface area (Å²) in [5, 5.41) is 3.01. The van der Waals surface area contributed by atoms with Gasteiger partial charge in [-0.15, -0.1) is 0 Å². The van der Waals surface area contributed by atoms with Crippen LogP contribution in [0.15, 0.2) is 40.9 Å². The lowest BCUT2D eigenvalue weighted by Gasteiger charge is -2.13. The van der Waals surface area contributed by atoms with E-state index in [1.165, 1.54) is 0 Å². The standard InChI is InChI=1S/C15H12BrF4N/c1-9-13(16)3-2-4-14(9)21-8-10-5-11(15(18,19)20)7-12(17)6-10/h2-7,21H,8H2,1H3. The summed E-state index contributed by atoms with van der Waals surface area (Å²) in [4.78, 5) is 0. The molecule has 1 N–H and O–H groups in total. The van der Waals surface area contributed by atoms with Crippen LogP contribution in [0.3, 0.4) is 0 Å². The lowest BCUT2D eigenvalue weighted by molar-refractivity contribution is -0.137. The molecule has 0 heterocycles. The molecule has 0 aromatic heterocycles. The molecular formula is C15H12BrF4N. The van der Waals surface area contributed by atoms with E-state index >= 15 is 0 Å². The van der Waals surface area contributed by atoms with Crippen LogP contribution in [0.2, 0.25) is 0 Å². The fourth-order valence-electron chi connectivity index (χ4n) is 1.91. The van der Waals surface area contributed by atoms with Crippen molar-refractivity contribution in [2.24, 2.45) is 0 Å². The molecule has 112 valence electrons. The molecule has 0 saturated carbocycles. The summed E-state index contributed by atoms with van der Waals surface area (Å²) in [5.74, 6) is -0.896. The van der Waals surface area contributed by atoms with Crippen LogP contribution >= 0.6 is 15.9 Å². The van der Waals surface area contributed by atoms with Crippen molar-refractivity contribution in [2.75, 3.05) is 5.32 Å². The van der Waals surface area contributed by atoms with Gasteiger partial charge in [0.15, 0.2) is 0 Å². The van der Waals surface area contributed by atoms with Crippen molar-refractivity contribution >= 4 is 21.6 Å². The van der Waals surface area contributed by atoms with Crippen LogP contribution in [0.4, 0.5) is 23.2 Å². The second-order valence-electron chi connectivity index (χ2n) is 4.61. The van der Waals surface area contributed by atoms with Crippen molar-refractivity contribution in [3.8, 4) is 0 Å². The summed E-state index contributed by atoms with van der Waals surface area (Å²) < 4.78 is 52.1. The molecule has 0 atom stereocenters. The van der Waals surface area contributed by atoms with Crippen LogP contribution in [0.25, 0.3) is 0 Å². The summed E-state index contributed by atoms with van der Waals surface area (Å²) in [7, 11) is 0. The number of benzene rings is 2. The van der Waals surface area contributed by atoms with Crippen molar-refractivity contribution in [3.63, 3.8) is 0 Å². The van der Waals surface area contributed by atoms with Crippen LogP contribution < -0.4 is 5.32 Å². The number of alkyl halides is 3. The Kier molecular flexibility index (Phi) is 4.56. The van der Waals surface area contributed by atoms with Gasteiger partial charge < -0.3 is 5.32 Å². The molecule has 0 aliphatic rings. The number of rotatable bonds is 3. The largest absolute Gasteiger partial charge is 0.416 e. The van der Waals surface area contributed by atoms with Crippen LogP contribution in [0.1, 0.15) is 16.7 Å². The first kappa shape index (κ1) is 15.8. The van der Waals surface area contributed by atoms with Gasteiger partial charge in [-0.3, -0.25) is 0 Å². The normalized spacial score (nSPS) is 11.5. The van der Waals surface area contributed by atoms with Gasteiger partial charge in [-0.2, -0.15) is 13.2 Å². The summed E-state index contributed by atoms with van der Waals surface area (Å²) >= 11 is 3.37. The highest BCUT2D eigenvalue weighted by Crippen LogP contribution is 2.31. The molecule has 0 radical (unpaired) electrons. The molecule has 0 spiro atoms. The molecular weight excluding hydrogens is 350 g/mol. The molecule has 0 aliphatic carbocycles. The Labute approximate surface area is 128 Å². The molecule has 2 aromatic rings. The highest BCUT2D eigenvalue weighted by Gasteiger charge is 2.31. The molecule has 1 nitrogen and oxygen atoms in total. The highest BCUT2D eigenvalue weighted by molar-refractivity contribution is 9.10. The Bertz CT molecular complexity index is 653. The smallest absolute Gasteiger partial charge is 0.381 e. The maximum atomic E-state index is 13.3. The van der Waals surface area contributed by atoms with Crippen molar-refractivity contribution in [3.05, 3.63) is 63.4 Å². The maximum Gasteiger partial charge on any atom is 0.416 e. The summed E-state index contributed by atoms with van der Waals surface area (Å²) in [6.45, 7) is 1.98. The third-order valence-electron chi connectivity index (χ3n) is 3.04. The summed E-state index contributed by atoms with van der Waals surface area (Å²) in [6, 6.07) is 8.02. The number of hydrogen-bond donors (Lipinski definition) is 1. The highest BCUT2D eigenvalue weighted by atomic mass is 79.9. The van der Waals surface area contributed by atoms with E-state index in [0.29, 0.717) is 6.07 Å². The predicted molar refractivity (Wildman–Crippen MR) is 77.6 cm³/mol. The monoisotopic (exact) mass is 361 g/mol. The van der Waals surface area contributed by atoms with Crippen LogP contribution in [-0.4, -0.2) is 0 Å². The van der Waals surface area contributed by atoms with Crippen molar-refractivity contribution < 1.29 is 17.6 Å². The minimum atomic E-state index is -4.55. The third-order valence-corrected chi connectivity index (χ3v) is 3.89. The van der Waals surface area contributed by atoms with Gasteiger partial charge in [0, 0.05) is 16.7 Å². The van der Waals surface area contributed by atoms with E-state index in [1.807, 2.05) is 25.1 Å². The number of halogens is 5. The zero-order chi connectivity index (χ0) is 15.6. The topological polar surface area (TPSA) is 12.0 Å². The molecule has 0 saturated heterocycles. The fourth-order valence-corrected chi connectivity index (χ4v) is 2.28. The minimum Gasteiger partial charge on any atom is -0.381 e. The van der Waals surface area contributed by atoms with Gasteiger partial charge in [-0.05, 0) is 48.4 Å². The number of anilines is 1. The summed E-state index contributed by atoms with van der Waals surface area (Å²) in [6.07, 6.45) is -4.55. The molecule has 0 aliphatic heterocycles. The molecule has 0 unspecified atom stereocenters. The molecule has 0 fully saturated rings. The second-order valence-corrected chi connectivity index (χ2v) is 5.47. The van der Waals surface area contributed by atoms with E-state index in [-0.39, 0.29) is 12.1 Å². The molecule has 0 amide bonds. The first-order valence-corrected chi connectivity index (χ1v) is 6.92. The predicted octanol–water partition coefficient (Wildman–Crippen LogP) is 5.53. The van der Waals surface area contributed by atoms with Crippen molar-refractivity contribution in [2.45, 2.75) is 19.6 Å². The van der Waals surface area contributed by atoms with E-state index < -0.39 is 17.6 Å². The van der Waals surface area contributed by atoms with E-state index in [4.69, 9.17) is 0 Å². The average Bonchev–Trinajstić information content (AvgIpc) is 2.39. The Balaban J connectivity index is 2.21. The molecule has 2 aromatic carbocycles. The minimum absolute atomic E-state index is 0.109. The van der Waals surface area contributed by atoms with Crippen molar-refractivity contribution in [1.82, 2.24) is 0 Å². The zero-order valence-corrected chi connectivity index (χ0v) is 12.6. The van der Waals surface area contributed by atoms with Gasteiger partial charge in [-0.25, -0.2) is 4.39 Å². The Hall–Kier alpha value is -1.56. The SMILES string of the molecule is Cc1c(Br)cccc1NCc1cc(F)cc(C(F)(F)F)c1. The van der Waals surface area contributed by atoms with E-state index in [9.17, 15) is 17.6 Å². The summed E-state index contributed by atoms with van der Waals surface area (Å²) in [5.41, 5.74) is 0.971. The van der Waals surface area contributed by atoms with E-state index in [2.05, 4.69) is 21.2 Å². The molecule has 6 heteroatoms. The number of hydrogen-bond acceptors (Lipinski definition) is 1. The van der Waals surface area contributed by atoms with Gasteiger partial charge in [0.2, 0.25) is 0 Å². The molecule has 0 bridgehead atoms. The molecule has 21 heavy (non-hydrogen) atoms. The van der Waals surface area contributed by atoms with E-state index in [0.717, 1.165) is 27.9 Å². The van der Waals surface area contributed by atoms with E-state index in [1.54, 1.807) is 0 Å². The Morgan fingerprint density at radius 1 is 1.14 bits per heavy atom. The van der Waals surface area contributed by atoms with Crippen LogP contribution in [0.5, 0.6) is 0 Å². The zero-order valence-electron chi connectivity index (χ0n) is 11.1. The third kappa shape index (κ3) is 3.97. The van der Waals surface area contributed by atoms with Gasteiger partial charge in [-0.1, -0.05) is 22.0 Å². The van der Waals surface area contributed by atoms with Gasteiger partial charge >= 0.3 is 6.18 Å². The van der Waals surface area contributed by atoms with Gasteiger partial charge in [0.25, 0.3) is 0 Å². The van der Waals surface area contributed by atoms with Gasteiger partial charge in [0.1, 0.15) is 5.82 Å². The quantitative estimate of drug-likeness (QED) is 0.709. The second kappa shape index (κ2) is 6.05. The van der Waals surface area contributed by atoms with Gasteiger partial charge in [0.05, 0.1) is 5.56 Å². The van der Waals surface area contributed by atoms with Crippen LogP contribution in [0, 0.1) is 12.7 Å². The fraction of sp³-hybridized carbons (Fsp3) is 0.200. The first-order chi connectivity index (χ1) is 9.77. The lowest BCUT2D eigenvalue weighted by Crippen LogP contribution is -2.08. The average molecular weight is 362 g/mol. The number of nitrogens with one attached hydrogen (secondary N) is 1. The Morgan fingerprint density at radius 3 is 2.52 bits per heavy atom. The first-order valence-electron chi connectivity index (χ1n) is 6.13. The Morgan fingerprint density at radius 2 is 1.86 bits per heavy atom. The molecule has 2 rings (SSSR count).